The van der Waals surface area contributed by atoms with Crippen LogP contribution < -0.4 is 4.74 Å². The molecule has 1 amide bonds. The fourth-order valence-corrected chi connectivity index (χ4v) is 4.14. The molecule has 2 bridgehead atoms. The number of carbonyl (C=O) groups excluding carboxylic acids is 4. The van der Waals surface area contributed by atoms with Crippen LogP contribution in [-0.2, 0) is 38.1 Å². The van der Waals surface area contributed by atoms with Gasteiger partial charge in [-0.1, -0.05) is 18.2 Å². The van der Waals surface area contributed by atoms with E-state index in [4.69, 9.17) is 23.7 Å². The molecule has 3 aliphatic heterocycles. The summed E-state index contributed by atoms with van der Waals surface area (Å²) in [5.74, 6) is -2.00. The summed E-state index contributed by atoms with van der Waals surface area (Å²) in [4.78, 5) is 50.7. The van der Waals surface area contributed by atoms with Crippen LogP contribution in [0.15, 0.2) is 53.1 Å². The van der Waals surface area contributed by atoms with Crippen LogP contribution in [0.4, 0.5) is 0 Å². The van der Waals surface area contributed by atoms with Crippen molar-refractivity contribution in [2.75, 3.05) is 27.9 Å². The first-order chi connectivity index (χ1) is 15.4. The van der Waals surface area contributed by atoms with Gasteiger partial charge in [0.05, 0.1) is 32.5 Å². The quantitative estimate of drug-likeness (QED) is 0.251. The molecule has 1 aromatic carbocycles. The lowest BCUT2D eigenvalue weighted by Gasteiger charge is -2.47. The highest BCUT2D eigenvalue weighted by Gasteiger charge is 2.58. The predicted molar refractivity (Wildman–Crippen MR) is 106 cm³/mol. The number of methoxy groups -OCH3 is 3. The summed E-state index contributed by atoms with van der Waals surface area (Å²) in [7, 11) is 3.62. The highest BCUT2D eigenvalue weighted by atomic mass is 16.6. The zero-order valence-electron chi connectivity index (χ0n) is 17.6. The number of hydrogen-bond acceptors (Lipinski definition) is 9. The SMILES string of the molecule is COC(=O)CN1C(=O)[C@H](Oc2ccccc2)[C@@H]1C1=C[C@@H]2O[C@H]1C(C(=O)OC)=C2C(=O)OC. The monoisotopic (exact) mass is 443 g/mol. The van der Waals surface area contributed by atoms with Crippen molar-refractivity contribution in [2.45, 2.75) is 24.4 Å². The molecule has 4 rings (SSSR count). The van der Waals surface area contributed by atoms with Crippen LogP contribution in [0.2, 0.25) is 0 Å². The normalized spacial score (nSPS) is 25.8. The van der Waals surface area contributed by atoms with E-state index in [1.165, 1.54) is 26.2 Å². The van der Waals surface area contributed by atoms with Crippen molar-refractivity contribution in [3.63, 3.8) is 0 Å². The van der Waals surface area contributed by atoms with Crippen molar-refractivity contribution in [3.8, 4) is 5.75 Å². The van der Waals surface area contributed by atoms with Crippen molar-refractivity contribution in [2.24, 2.45) is 0 Å². The van der Waals surface area contributed by atoms with Gasteiger partial charge < -0.3 is 28.6 Å². The van der Waals surface area contributed by atoms with Crippen molar-refractivity contribution >= 4 is 23.8 Å². The Balaban J connectivity index is 1.67. The summed E-state index contributed by atoms with van der Waals surface area (Å²) in [6.45, 7) is -0.301. The number of fused-ring (bicyclic) bond motifs is 2. The van der Waals surface area contributed by atoms with Crippen LogP contribution in [-0.4, -0.2) is 80.9 Å². The van der Waals surface area contributed by atoms with Gasteiger partial charge in [0.2, 0.25) is 6.10 Å². The molecule has 168 valence electrons. The topological polar surface area (TPSA) is 118 Å². The van der Waals surface area contributed by atoms with Crippen LogP contribution >= 0.6 is 0 Å². The Morgan fingerprint density at radius 3 is 2.25 bits per heavy atom. The number of carbonyl (C=O) groups is 4. The third-order valence-corrected chi connectivity index (χ3v) is 5.60. The van der Waals surface area contributed by atoms with E-state index in [1.54, 1.807) is 30.3 Å². The Bertz CT molecular complexity index is 1030. The summed E-state index contributed by atoms with van der Waals surface area (Å²) in [6.07, 6.45) is -1.09. The number of likely N-dealkylation sites (tertiary alicyclic amines) is 1. The van der Waals surface area contributed by atoms with Gasteiger partial charge in [-0.05, 0) is 23.8 Å². The van der Waals surface area contributed by atoms with Crippen LogP contribution in [0.1, 0.15) is 0 Å². The van der Waals surface area contributed by atoms with Gasteiger partial charge in [-0.2, -0.15) is 0 Å². The van der Waals surface area contributed by atoms with Crippen LogP contribution in [0.25, 0.3) is 0 Å². The molecule has 0 N–H and O–H groups in total. The maximum atomic E-state index is 12.8. The highest BCUT2D eigenvalue weighted by molar-refractivity contribution is 6.05. The Hall–Kier alpha value is -3.66. The number of amides is 1. The van der Waals surface area contributed by atoms with Crippen molar-refractivity contribution < 1.29 is 42.9 Å². The van der Waals surface area contributed by atoms with Crippen LogP contribution in [0.5, 0.6) is 5.75 Å². The summed E-state index contributed by atoms with van der Waals surface area (Å²) in [6, 6.07) is 8.03. The smallest absolute Gasteiger partial charge is 0.337 e. The van der Waals surface area contributed by atoms with E-state index >= 15 is 0 Å². The van der Waals surface area contributed by atoms with Gasteiger partial charge in [0.1, 0.15) is 30.5 Å². The Morgan fingerprint density at radius 1 is 0.969 bits per heavy atom. The Morgan fingerprint density at radius 2 is 1.62 bits per heavy atom. The second kappa shape index (κ2) is 8.46. The molecule has 0 unspecified atom stereocenters. The van der Waals surface area contributed by atoms with E-state index in [1.807, 2.05) is 6.07 Å². The summed E-state index contributed by atoms with van der Waals surface area (Å²) >= 11 is 0. The molecule has 0 radical (unpaired) electrons. The molecule has 3 heterocycles. The standard InChI is InChI=1S/C22H21NO9/c1-28-14(24)10-23-17(19(20(23)25)31-11-7-5-4-6-8-11)12-9-13-15(21(26)29-2)16(18(12)32-13)22(27)30-3/h4-9,13,17-19H,10H2,1-3H3/t13-,17-,18+,19+/m0/s1. The molecule has 1 fully saturated rings. The average Bonchev–Trinajstić information content (AvgIpc) is 3.40. The average molecular weight is 443 g/mol. The number of para-hydroxylation sites is 1. The number of nitrogens with zero attached hydrogens (tertiary/aromatic N) is 1. The molecule has 0 aliphatic carbocycles. The highest BCUT2D eigenvalue weighted by Crippen LogP contribution is 2.45. The minimum Gasteiger partial charge on any atom is -0.478 e. The van der Waals surface area contributed by atoms with Gasteiger partial charge >= 0.3 is 17.9 Å². The van der Waals surface area contributed by atoms with E-state index in [0.717, 1.165) is 0 Å². The molecular weight excluding hydrogens is 422 g/mol. The minimum absolute atomic E-state index is 0.0117. The van der Waals surface area contributed by atoms with Gasteiger partial charge in [-0.15, -0.1) is 0 Å². The van der Waals surface area contributed by atoms with Gasteiger partial charge in [-0.25, -0.2) is 9.59 Å². The van der Waals surface area contributed by atoms with E-state index in [2.05, 4.69) is 0 Å². The molecular formula is C22H21NO9. The molecule has 0 saturated carbocycles. The Kier molecular flexibility index (Phi) is 5.70. The second-order valence-corrected chi connectivity index (χ2v) is 7.25. The molecule has 4 atom stereocenters. The number of benzene rings is 1. The lowest BCUT2D eigenvalue weighted by molar-refractivity contribution is -0.167. The van der Waals surface area contributed by atoms with Crippen molar-refractivity contribution in [3.05, 3.63) is 53.1 Å². The Labute approximate surface area is 183 Å². The van der Waals surface area contributed by atoms with Gasteiger partial charge in [0, 0.05) is 0 Å². The van der Waals surface area contributed by atoms with E-state index in [0.29, 0.717) is 11.3 Å². The molecule has 0 aromatic heterocycles. The summed E-state index contributed by atoms with van der Waals surface area (Å²) in [5, 5.41) is 0. The summed E-state index contributed by atoms with van der Waals surface area (Å²) in [5.41, 5.74) is 0.587. The van der Waals surface area contributed by atoms with Crippen molar-refractivity contribution in [1.29, 1.82) is 0 Å². The number of esters is 3. The maximum absolute atomic E-state index is 12.8. The van der Waals surface area contributed by atoms with E-state index in [9.17, 15) is 19.2 Å². The van der Waals surface area contributed by atoms with Crippen LogP contribution in [0.3, 0.4) is 0 Å². The molecule has 1 aromatic rings. The zero-order valence-corrected chi connectivity index (χ0v) is 17.6. The van der Waals surface area contributed by atoms with Gasteiger partial charge in [-0.3, -0.25) is 9.59 Å². The largest absolute Gasteiger partial charge is 0.478 e. The zero-order chi connectivity index (χ0) is 23.0. The molecule has 1 saturated heterocycles. The number of ether oxygens (including phenoxy) is 5. The number of rotatable bonds is 7. The third kappa shape index (κ3) is 3.42. The van der Waals surface area contributed by atoms with E-state index in [-0.39, 0.29) is 17.7 Å². The molecule has 3 aliphatic rings. The number of β-lactam (4-membered cyclic amide) rings is 1. The molecule has 10 nitrogen and oxygen atoms in total. The second-order valence-electron chi connectivity index (χ2n) is 7.25. The first-order valence-corrected chi connectivity index (χ1v) is 9.78. The first kappa shape index (κ1) is 21.6. The van der Waals surface area contributed by atoms with E-state index < -0.39 is 48.2 Å². The van der Waals surface area contributed by atoms with Crippen LogP contribution in [0, 0.1) is 0 Å². The minimum atomic E-state index is -0.947. The molecule has 32 heavy (non-hydrogen) atoms. The third-order valence-electron chi connectivity index (χ3n) is 5.60. The molecule has 10 heteroatoms. The lowest BCUT2D eigenvalue weighted by atomic mass is 9.81. The predicted octanol–water partition coefficient (Wildman–Crippen LogP) is 0.168. The number of hydrogen-bond donors (Lipinski definition) is 0. The summed E-state index contributed by atoms with van der Waals surface area (Å²) < 4.78 is 26.1. The van der Waals surface area contributed by atoms with Gasteiger partial charge in [0.15, 0.2) is 0 Å². The lowest BCUT2D eigenvalue weighted by Crippen LogP contribution is -2.69. The first-order valence-electron chi connectivity index (χ1n) is 9.78. The maximum Gasteiger partial charge on any atom is 0.337 e. The van der Waals surface area contributed by atoms with Crippen molar-refractivity contribution in [1.82, 2.24) is 4.90 Å². The molecule has 0 spiro atoms. The fraction of sp³-hybridized carbons (Fsp3) is 0.364. The van der Waals surface area contributed by atoms with Gasteiger partial charge in [0.25, 0.3) is 5.91 Å². The fourth-order valence-electron chi connectivity index (χ4n) is 4.14.